The highest BCUT2D eigenvalue weighted by Crippen LogP contribution is 2.56. The maximum absolute atomic E-state index is 16.1. The number of rotatable bonds is 13. The number of fused-ring (bicyclic) bond motifs is 2. The number of benzene rings is 4. The van der Waals surface area contributed by atoms with E-state index in [0.29, 0.717) is 37.2 Å². The Balaban J connectivity index is 1.05. The predicted molar refractivity (Wildman–Crippen MR) is 202 cm³/mol. The van der Waals surface area contributed by atoms with Gasteiger partial charge in [0.15, 0.2) is 17.2 Å². The van der Waals surface area contributed by atoms with E-state index in [2.05, 4.69) is 10.6 Å². The fourth-order valence-electron chi connectivity index (χ4n) is 8.28. The van der Waals surface area contributed by atoms with Crippen LogP contribution in [0.25, 0.3) is 11.1 Å². The summed E-state index contributed by atoms with van der Waals surface area (Å²) >= 11 is 6.62. The summed E-state index contributed by atoms with van der Waals surface area (Å²) in [6.07, 6.45) is 3.85. The van der Waals surface area contributed by atoms with Crippen LogP contribution in [0.2, 0.25) is 5.02 Å². The Morgan fingerprint density at radius 2 is 1.84 bits per heavy atom. The number of unbranched alkanes of at least 4 members (excludes halogenated alkanes) is 2. The van der Waals surface area contributed by atoms with Gasteiger partial charge in [-0.1, -0.05) is 67.4 Å². The SMILES string of the molecule is COc1ccc(C(N)=O)c(-c2c(Cl)c(F)cc3c2[C@H](C)[C@@](CNCCCCCc2cccc4c2CN([C@H]2CCC(=O)NC2=O)C4=O)(c2ccccc2)O3)c1F. The van der Waals surface area contributed by atoms with E-state index in [1.54, 1.807) is 11.0 Å². The summed E-state index contributed by atoms with van der Waals surface area (Å²) < 4.78 is 43.5. The van der Waals surface area contributed by atoms with Crippen LogP contribution >= 0.6 is 11.6 Å². The Kier molecular flexibility index (Phi) is 10.6. The lowest BCUT2D eigenvalue weighted by Gasteiger charge is -2.34. The minimum atomic E-state index is -1.05. The van der Waals surface area contributed by atoms with Gasteiger partial charge in [0, 0.05) is 53.7 Å². The van der Waals surface area contributed by atoms with Crippen molar-refractivity contribution in [3.8, 4) is 22.6 Å². The number of carbonyl (C=O) groups excluding carboxylic acids is 4. The van der Waals surface area contributed by atoms with Gasteiger partial charge in [0.25, 0.3) is 5.91 Å². The minimum absolute atomic E-state index is 0.0125. The number of halogens is 3. The highest BCUT2D eigenvalue weighted by Gasteiger charge is 2.50. The smallest absolute Gasteiger partial charge is 0.255 e. The number of piperidine rings is 1. The number of nitrogens with zero attached hydrogens (tertiary/aromatic N) is 1. The summed E-state index contributed by atoms with van der Waals surface area (Å²) in [5.74, 6) is -4.06. The first kappa shape index (κ1) is 38.0. The molecule has 4 aromatic carbocycles. The number of ether oxygens (including phenoxy) is 2. The van der Waals surface area contributed by atoms with E-state index in [1.807, 2.05) is 49.4 Å². The standard InChI is InChI=1S/C42H41ClF2N4O6/c1-23-34-32(20-29(44)37(43)36(34)35-27(39(46)51)15-17-31(54-2)38(35)45)55-42(23,25-12-6-3-7-13-25)22-47-19-8-4-5-10-24-11-9-14-26-28(24)21-49(41(26)53)30-16-18-33(50)48-40(30)52/h3,6-7,9,11-15,17,20,23,30,47H,4-5,8,10,16,18-19,21-22H2,1-2H3,(H2,46,51)(H,48,50,52)/t23-,30-,42-/m0/s1. The molecule has 0 unspecified atom stereocenters. The third-order valence-corrected chi connectivity index (χ3v) is 11.5. The molecule has 4 aromatic rings. The number of nitrogens with two attached hydrogens (primary N) is 1. The second-order valence-corrected chi connectivity index (χ2v) is 14.6. The number of imide groups is 1. The molecule has 0 saturated carbocycles. The molecule has 55 heavy (non-hydrogen) atoms. The van der Waals surface area contributed by atoms with E-state index < -0.39 is 41.0 Å². The van der Waals surface area contributed by atoms with Crippen LogP contribution in [0.1, 0.15) is 87.9 Å². The van der Waals surface area contributed by atoms with E-state index in [9.17, 15) is 19.2 Å². The van der Waals surface area contributed by atoms with Crippen LogP contribution < -0.4 is 25.8 Å². The van der Waals surface area contributed by atoms with Crippen LogP contribution in [0, 0.1) is 11.6 Å². The van der Waals surface area contributed by atoms with Crippen LogP contribution in [0.5, 0.6) is 11.5 Å². The lowest BCUT2D eigenvalue weighted by atomic mass is 9.77. The Labute approximate surface area is 322 Å². The summed E-state index contributed by atoms with van der Waals surface area (Å²) in [6, 6.07) is 18.3. The number of nitrogens with one attached hydrogen (secondary N) is 2. The fraction of sp³-hybridized carbons (Fsp3) is 0.333. The van der Waals surface area contributed by atoms with Gasteiger partial charge in [-0.25, -0.2) is 8.78 Å². The molecule has 286 valence electrons. The number of primary amides is 1. The average Bonchev–Trinajstić information content (AvgIpc) is 3.65. The van der Waals surface area contributed by atoms with E-state index in [0.717, 1.165) is 42.4 Å². The zero-order valence-electron chi connectivity index (χ0n) is 30.5. The van der Waals surface area contributed by atoms with Crippen molar-refractivity contribution in [2.75, 3.05) is 20.2 Å². The quantitative estimate of drug-likeness (QED) is 0.104. The van der Waals surface area contributed by atoms with Crippen LogP contribution in [0.3, 0.4) is 0 Å². The number of hydrogen-bond acceptors (Lipinski definition) is 7. The molecule has 4 amide bonds. The van der Waals surface area contributed by atoms with Gasteiger partial charge in [-0.15, -0.1) is 0 Å². The van der Waals surface area contributed by atoms with E-state index in [-0.39, 0.29) is 51.4 Å². The largest absolute Gasteiger partial charge is 0.494 e. The summed E-state index contributed by atoms with van der Waals surface area (Å²) in [6.45, 7) is 3.20. The number of carbonyl (C=O) groups is 4. The topological polar surface area (TPSA) is 140 Å². The molecule has 0 spiro atoms. The van der Waals surface area contributed by atoms with Crippen molar-refractivity contribution in [3.63, 3.8) is 0 Å². The summed E-state index contributed by atoms with van der Waals surface area (Å²) in [5, 5.41) is 5.53. The van der Waals surface area contributed by atoms with Gasteiger partial charge in [0.2, 0.25) is 17.7 Å². The fourth-order valence-corrected chi connectivity index (χ4v) is 8.53. The molecule has 3 atom stereocenters. The Hall–Kier alpha value is -5.33. The third-order valence-electron chi connectivity index (χ3n) is 11.1. The zero-order chi connectivity index (χ0) is 39.0. The lowest BCUT2D eigenvalue weighted by Crippen LogP contribution is -2.52. The lowest BCUT2D eigenvalue weighted by molar-refractivity contribution is -0.136. The molecule has 3 heterocycles. The first-order valence-corrected chi connectivity index (χ1v) is 18.7. The Bertz CT molecular complexity index is 2200. The number of amides is 4. The highest BCUT2D eigenvalue weighted by molar-refractivity contribution is 6.34. The number of aryl methyl sites for hydroxylation is 1. The van der Waals surface area contributed by atoms with Crippen LogP contribution in [0.4, 0.5) is 8.78 Å². The molecule has 0 bridgehead atoms. The normalized spacial score (nSPS) is 20.2. The molecule has 7 rings (SSSR count). The van der Waals surface area contributed by atoms with Crippen LogP contribution in [-0.4, -0.2) is 54.8 Å². The molecule has 4 N–H and O–H groups in total. The van der Waals surface area contributed by atoms with Gasteiger partial charge >= 0.3 is 0 Å². The van der Waals surface area contributed by atoms with Crippen molar-refractivity contribution in [3.05, 3.63) is 117 Å². The van der Waals surface area contributed by atoms with E-state index in [4.69, 9.17) is 26.8 Å². The number of hydrogen-bond donors (Lipinski definition) is 3. The first-order valence-electron chi connectivity index (χ1n) is 18.4. The molecule has 0 aliphatic carbocycles. The van der Waals surface area contributed by atoms with E-state index >= 15 is 8.78 Å². The molecule has 13 heteroatoms. The maximum atomic E-state index is 16.1. The summed E-state index contributed by atoms with van der Waals surface area (Å²) in [4.78, 5) is 51.5. The van der Waals surface area contributed by atoms with Crippen molar-refractivity contribution in [1.82, 2.24) is 15.5 Å². The van der Waals surface area contributed by atoms with Crippen LogP contribution in [0.15, 0.2) is 66.7 Å². The molecular formula is C42H41ClF2N4O6. The second kappa shape index (κ2) is 15.4. The van der Waals surface area contributed by atoms with Crippen LogP contribution in [-0.2, 0) is 28.2 Å². The molecule has 1 fully saturated rings. The molecule has 0 radical (unpaired) electrons. The van der Waals surface area contributed by atoms with Gasteiger partial charge < -0.3 is 25.4 Å². The van der Waals surface area contributed by atoms with Gasteiger partial charge in [-0.05, 0) is 67.1 Å². The molecule has 0 aromatic heterocycles. The Morgan fingerprint density at radius 1 is 1.05 bits per heavy atom. The third kappa shape index (κ3) is 6.82. The molecule has 1 saturated heterocycles. The molecule has 3 aliphatic heterocycles. The maximum Gasteiger partial charge on any atom is 0.255 e. The zero-order valence-corrected chi connectivity index (χ0v) is 31.2. The van der Waals surface area contributed by atoms with Crippen molar-refractivity contribution in [2.24, 2.45) is 5.73 Å². The Morgan fingerprint density at radius 3 is 2.56 bits per heavy atom. The van der Waals surface area contributed by atoms with Crippen molar-refractivity contribution >= 4 is 35.2 Å². The molecule has 10 nitrogen and oxygen atoms in total. The molecule has 3 aliphatic rings. The summed E-state index contributed by atoms with van der Waals surface area (Å²) in [7, 11) is 1.29. The van der Waals surface area contributed by atoms with Crippen molar-refractivity contribution < 1.29 is 37.4 Å². The van der Waals surface area contributed by atoms with Gasteiger partial charge in [0.05, 0.1) is 17.7 Å². The van der Waals surface area contributed by atoms with Gasteiger partial charge in [-0.3, -0.25) is 24.5 Å². The summed E-state index contributed by atoms with van der Waals surface area (Å²) in [5.41, 5.74) is 8.05. The number of methoxy groups -OCH3 is 1. The average molecular weight is 771 g/mol. The predicted octanol–water partition coefficient (Wildman–Crippen LogP) is 6.55. The molecular weight excluding hydrogens is 730 g/mol. The second-order valence-electron chi connectivity index (χ2n) is 14.2. The van der Waals surface area contributed by atoms with Gasteiger partial charge in [0.1, 0.15) is 17.6 Å². The van der Waals surface area contributed by atoms with Gasteiger partial charge in [-0.2, -0.15) is 0 Å². The van der Waals surface area contributed by atoms with Crippen molar-refractivity contribution in [2.45, 2.75) is 69.6 Å². The minimum Gasteiger partial charge on any atom is -0.494 e. The van der Waals surface area contributed by atoms with Crippen molar-refractivity contribution in [1.29, 1.82) is 0 Å². The first-order chi connectivity index (χ1) is 26.5. The monoisotopic (exact) mass is 770 g/mol. The highest BCUT2D eigenvalue weighted by atomic mass is 35.5. The van der Waals surface area contributed by atoms with E-state index in [1.165, 1.54) is 25.3 Å².